The third kappa shape index (κ3) is 11.0. The smallest absolute Gasteiger partial charge is 0.303 e. The number of aliphatic hydroxyl groups is 1. The number of ether oxygens (including phenoxy) is 2. The van der Waals surface area contributed by atoms with E-state index in [0.717, 1.165) is 44.0 Å². The summed E-state index contributed by atoms with van der Waals surface area (Å²) >= 11 is 1.69. The van der Waals surface area contributed by atoms with Gasteiger partial charge < -0.3 is 30.3 Å². The molecule has 1 aliphatic heterocycles. The number of thioether (sulfide) groups is 1. The van der Waals surface area contributed by atoms with Crippen LogP contribution in [0.5, 0.6) is 0 Å². The van der Waals surface area contributed by atoms with Crippen molar-refractivity contribution in [1.29, 1.82) is 0 Å². The summed E-state index contributed by atoms with van der Waals surface area (Å²) < 4.78 is 13.1. The van der Waals surface area contributed by atoms with Gasteiger partial charge >= 0.3 is 5.97 Å². The Kier molecular flexibility index (Phi) is 13.6. The van der Waals surface area contributed by atoms with Gasteiger partial charge in [-0.25, -0.2) is 0 Å². The number of benzene rings is 4. The minimum absolute atomic E-state index is 0.0183. The van der Waals surface area contributed by atoms with Crippen LogP contribution in [0.4, 0.5) is 5.69 Å². The summed E-state index contributed by atoms with van der Waals surface area (Å²) in [6, 6.07) is 31.7. The third-order valence-electron chi connectivity index (χ3n) is 8.51. The summed E-state index contributed by atoms with van der Waals surface area (Å²) in [5, 5.41) is 24.1. The molecule has 4 aromatic carbocycles. The molecule has 10 heteroatoms. The van der Waals surface area contributed by atoms with Crippen molar-refractivity contribution in [2.45, 2.75) is 82.0 Å². The number of carboxylic acid groups (broad SMARTS) is 1. The van der Waals surface area contributed by atoms with Crippen molar-refractivity contribution in [3.8, 4) is 11.1 Å². The lowest BCUT2D eigenvalue weighted by Crippen LogP contribution is -2.31. The van der Waals surface area contributed by atoms with E-state index in [9.17, 15) is 19.5 Å². The molecule has 9 nitrogen and oxygen atoms in total. The maximum atomic E-state index is 12.5. The number of aliphatic carboxylic acids is 1. The van der Waals surface area contributed by atoms with Gasteiger partial charge in [-0.2, -0.15) is 0 Å². The van der Waals surface area contributed by atoms with Crippen molar-refractivity contribution >= 4 is 35.2 Å². The van der Waals surface area contributed by atoms with Gasteiger partial charge in [-0.3, -0.25) is 14.4 Å². The number of aliphatic hydroxyl groups excluding tert-OH is 1. The summed E-state index contributed by atoms with van der Waals surface area (Å²) in [4.78, 5) is 35.6. The van der Waals surface area contributed by atoms with Gasteiger partial charge in [0.2, 0.25) is 11.8 Å². The maximum Gasteiger partial charge on any atom is 0.303 e. The van der Waals surface area contributed by atoms with Crippen LogP contribution in [0.15, 0.2) is 102 Å². The van der Waals surface area contributed by atoms with E-state index >= 15 is 0 Å². The molecule has 262 valence electrons. The van der Waals surface area contributed by atoms with Gasteiger partial charge in [-0.15, -0.1) is 11.8 Å². The molecule has 50 heavy (non-hydrogen) atoms. The molecule has 1 saturated heterocycles. The molecule has 1 aliphatic rings. The van der Waals surface area contributed by atoms with Crippen LogP contribution < -0.4 is 10.6 Å². The standard InChI is InChI=1S/C40H44N2O7S/c1-27(44)42-33-19-21-35(22-20-33)50-26-34-23-37(30-13-11-28(25-43)12-14-30)49-40(48-34)31-17-15-29(16-18-31)36-8-6-5-7-32(36)24-41-38(45)9-3-2-4-10-39(46)47/h5-8,11-22,34,37,40,43H,2-4,9-10,23-26H2,1H3,(H,41,45)(H,42,44)(H,46,47)/t34-,37+,40+/m1/s1. The quantitative estimate of drug-likeness (QED) is 0.0689. The summed E-state index contributed by atoms with van der Waals surface area (Å²) in [6.07, 6.45) is 2.24. The summed E-state index contributed by atoms with van der Waals surface area (Å²) in [7, 11) is 0. The predicted octanol–water partition coefficient (Wildman–Crippen LogP) is 7.79. The van der Waals surface area contributed by atoms with Crippen molar-refractivity contribution in [2.75, 3.05) is 11.1 Å². The van der Waals surface area contributed by atoms with E-state index in [2.05, 4.69) is 10.6 Å². The van der Waals surface area contributed by atoms with E-state index in [1.165, 1.54) is 6.92 Å². The molecule has 0 aliphatic carbocycles. The molecule has 5 rings (SSSR count). The number of unbranched alkanes of at least 4 members (excludes halogenated alkanes) is 2. The zero-order valence-electron chi connectivity index (χ0n) is 28.2. The van der Waals surface area contributed by atoms with E-state index in [0.29, 0.717) is 44.4 Å². The molecule has 0 bridgehead atoms. The van der Waals surface area contributed by atoms with Crippen molar-refractivity contribution in [2.24, 2.45) is 0 Å². The van der Waals surface area contributed by atoms with Crippen molar-refractivity contribution in [3.05, 3.63) is 119 Å². The van der Waals surface area contributed by atoms with E-state index in [1.807, 2.05) is 97.1 Å². The van der Waals surface area contributed by atoms with Gasteiger partial charge in [-0.1, -0.05) is 79.2 Å². The Morgan fingerprint density at radius 1 is 0.820 bits per heavy atom. The number of carbonyl (C=O) groups excluding carboxylic acids is 2. The Morgan fingerprint density at radius 2 is 1.52 bits per heavy atom. The molecule has 0 aromatic heterocycles. The lowest BCUT2D eigenvalue weighted by molar-refractivity contribution is -0.245. The van der Waals surface area contributed by atoms with Crippen LogP contribution in [-0.2, 0) is 37.0 Å². The Balaban J connectivity index is 1.25. The number of carboxylic acids is 1. The molecule has 0 unspecified atom stereocenters. The number of hydrogen-bond acceptors (Lipinski definition) is 7. The number of rotatable bonds is 16. The molecule has 1 fully saturated rings. The van der Waals surface area contributed by atoms with Gasteiger partial charge in [0, 0.05) is 54.6 Å². The number of carbonyl (C=O) groups is 3. The first kappa shape index (κ1) is 36.8. The van der Waals surface area contributed by atoms with Gasteiger partial charge in [0.05, 0.1) is 18.8 Å². The van der Waals surface area contributed by atoms with Crippen LogP contribution in [0.3, 0.4) is 0 Å². The zero-order chi connectivity index (χ0) is 35.3. The molecule has 3 atom stereocenters. The lowest BCUT2D eigenvalue weighted by atomic mass is 9.97. The highest BCUT2D eigenvalue weighted by Crippen LogP contribution is 2.40. The molecular formula is C40H44N2O7S. The summed E-state index contributed by atoms with van der Waals surface area (Å²) in [5.74, 6) is -0.252. The largest absolute Gasteiger partial charge is 0.481 e. The molecular weight excluding hydrogens is 653 g/mol. The molecule has 4 N–H and O–H groups in total. The molecule has 2 amide bonds. The Morgan fingerprint density at radius 3 is 2.22 bits per heavy atom. The molecule has 4 aromatic rings. The fraction of sp³-hybridized carbons (Fsp3) is 0.325. The average molecular weight is 697 g/mol. The Labute approximate surface area is 297 Å². The second-order valence-electron chi connectivity index (χ2n) is 12.4. The lowest BCUT2D eigenvalue weighted by Gasteiger charge is -2.36. The van der Waals surface area contributed by atoms with E-state index in [4.69, 9.17) is 14.6 Å². The average Bonchev–Trinajstić information content (AvgIpc) is 3.13. The highest BCUT2D eigenvalue weighted by Gasteiger charge is 2.32. The topological polar surface area (TPSA) is 134 Å². The van der Waals surface area contributed by atoms with Crippen molar-refractivity contribution in [3.63, 3.8) is 0 Å². The second kappa shape index (κ2) is 18.5. The maximum absolute atomic E-state index is 12.5. The van der Waals surface area contributed by atoms with Gasteiger partial charge in [-0.05, 0) is 64.9 Å². The zero-order valence-corrected chi connectivity index (χ0v) is 29.0. The van der Waals surface area contributed by atoms with Crippen LogP contribution in [0.1, 0.15) is 80.1 Å². The fourth-order valence-corrected chi connectivity index (χ4v) is 6.77. The number of nitrogens with one attached hydrogen (secondary N) is 2. The first-order valence-corrected chi connectivity index (χ1v) is 17.9. The SMILES string of the molecule is CC(=O)Nc1ccc(SC[C@H]2C[C@@H](c3ccc(CO)cc3)O[C@@H](c3ccc(-c4ccccc4CNC(=O)CCCCCC(=O)O)cc3)O2)cc1. The van der Waals surface area contributed by atoms with Crippen molar-refractivity contribution < 1.29 is 34.1 Å². The highest BCUT2D eigenvalue weighted by atomic mass is 32.2. The van der Waals surface area contributed by atoms with Gasteiger partial charge in [0.15, 0.2) is 6.29 Å². The Hall–Kier alpha value is -4.48. The van der Waals surface area contributed by atoms with Crippen LogP contribution >= 0.6 is 11.8 Å². The van der Waals surface area contributed by atoms with Crippen LogP contribution in [0, 0.1) is 0 Å². The predicted molar refractivity (Wildman–Crippen MR) is 194 cm³/mol. The van der Waals surface area contributed by atoms with E-state index in [-0.39, 0.29) is 37.0 Å². The first-order chi connectivity index (χ1) is 24.3. The minimum Gasteiger partial charge on any atom is -0.481 e. The molecule has 0 radical (unpaired) electrons. The first-order valence-electron chi connectivity index (χ1n) is 16.9. The van der Waals surface area contributed by atoms with E-state index < -0.39 is 12.3 Å². The summed E-state index contributed by atoms with van der Waals surface area (Å²) in [6.45, 7) is 1.87. The van der Waals surface area contributed by atoms with Gasteiger partial charge in [0.25, 0.3) is 0 Å². The number of anilines is 1. The van der Waals surface area contributed by atoms with Crippen LogP contribution in [-0.4, -0.2) is 39.9 Å². The van der Waals surface area contributed by atoms with Crippen LogP contribution in [0.25, 0.3) is 11.1 Å². The van der Waals surface area contributed by atoms with Crippen molar-refractivity contribution in [1.82, 2.24) is 5.32 Å². The highest BCUT2D eigenvalue weighted by molar-refractivity contribution is 7.99. The van der Waals surface area contributed by atoms with E-state index in [1.54, 1.807) is 11.8 Å². The normalized spacial score (nSPS) is 17.2. The minimum atomic E-state index is -0.810. The summed E-state index contributed by atoms with van der Waals surface area (Å²) in [5.41, 5.74) is 6.55. The monoisotopic (exact) mass is 696 g/mol. The molecule has 1 heterocycles. The number of hydrogen-bond donors (Lipinski definition) is 4. The number of amides is 2. The molecule has 0 spiro atoms. The Bertz CT molecular complexity index is 1710. The van der Waals surface area contributed by atoms with Crippen LogP contribution in [0.2, 0.25) is 0 Å². The third-order valence-corrected chi connectivity index (χ3v) is 9.65. The molecule has 0 saturated carbocycles. The second-order valence-corrected chi connectivity index (χ2v) is 13.5. The fourth-order valence-electron chi connectivity index (χ4n) is 5.85. The van der Waals surface area contributed by atoms with Gasteiger partial charge in [0.1, 0.15) is 0 Å².